The van der Waals surface area contributed by atoms with Gasteiger partial charge < -0.3 is 4.74 Å². The van der Waals surface area contributed by atoms with Gasteiger partial charge in [0.2, 0.25) is 0 Å². The van der Waals surface area contributed by atoms with Gasteiger partial charge in [-0.15, -0.1) is 11.8 Å². The van der Waals surface area contributed by atoms with Gasteiger partial charge in [0.05, 0.1) is 6.61 Å². The molecule has 0 aliphatic rings. The van der Waals surface area contributed by atoms with Crippen molar-refractivity contribution < 1.29 is 4.74 Å². The van der Waals surface area contributed by atoms with E-state index in [1.54, 1.807) is 0 Å². The summed E-state index contributed by atoms with van der Waals surface area (Å²) in [5.74, 6) is 2.91. The number of hydrogen-bond donors (Lipinski definition) is 1. The molecule has 1 aromatic carbocycles. The van der Waals surface area contributed by atoms with E-state index in [4.69, 9.17) is 4.74 Å². The summed E-state index contributed by atoms with van der Waals surface area (Å²) in [6.45, 7) is 2.71. The highest BCUT2D eigenvalue weighted by Crippen LogP contribution is 2.21. The summed E-state index contributed by atoms with van der Waals surface area (Å²) in [5.41, 5.74) is 0. The predicted octanol–water partition coefficient (Wildman–Crippen LogP) is 3.11. The van der Waals surface area contributed by atoms with Crippen LogP contribution in [-0.2, 0) is 0 Å². The van der Waals surface area contributed by atoms with Gasteiger partial charge in [0.25, 0.3) is 0 Å². The number of thioether (sulfide) groups is 1. The number of thiol groups is 1. The van der Waals surface area contributed by atoms with Crippen molar-refractivity contribution in [1.29, 1.82) is 0 Å². The van der Waals surface area contributed by atoms with Crippen molar-refractivity contribution in [3.8, 4) is 5.75 Å². The van der Waals surface area contributed by atoms with Crippen LogP contribution in [0.4, 0.5) is 0 Å². The lowest BCUT2D eigenvalue weighted by molar-refractivity contribution is 0.340. The molecule has 0 saturated heterocycles. The molecule has 0 radical (unpaired) electrons. The monoisotopic (exact) mass is 214 g/mol. The molecular formula is C10H14OS2. The van der Waals surface area contributed by atoms with Crippen LogP contribution in [0.15, 0.2) is 29.2 Å². The van der Waals surface area contributed by atoms with E-state index in [9.17, 15) is 0 Å². The molecule has 3 heteroatoms. The summed E-state index contributed by atoms with van der Waals surface area (Å²) in [4.78, 5) is 1.28. The maximum atomic E-state index is 5.34. The van der Waals surface area contributed by atoms with Gasteiger partial charge in [-0.2, -0.15) is 12.6 Å². The van der Waals surface area contributed by atoms with Crippen molar-refractivity contribution in [1.82, 2.24) is 0 Å². The molecule has 0 N–H and O–H groups in total. The average Bonchev–Trinajstić information content (AvgIpc) is 2.17. The van der Waals surface area contributed by atoms with Crippen molar-refractivity contribution in [2.24, 2.45) is 0 Å². The molecule has 0 saturated carbocycles. The fraction of sp³-hybridized carbons (Fsp3) is 0.400. The van der Waals surface area contributed by atoms with Crippen molar-refractivity contribution in [3.05, 3.63) is 24.3 Å². The summed E-state index contributed by atoms with van der Waals surface area (Å²) >= 11 is 5.97. The Bertz CT molecular complexity index is 233. The Morgan fingerprint density at radius 3 is 2.54 bits per heavy atom. The van der Waals surface area contributed by atoms with Gasteiger partial charge in [0.15, 0.2) is 0 Å². The first-order valence-corrected chi connectivity index (χ1v) is 5.95. The normalized spacial score (nSPS) is 10.0. The Morgan fingerprint density at radius 1 is 1.31 bits per heavy atom. The Labute approximate surface area is 89.3 Å². The van der Waals surface area contributed by atoms with Crippen molar-refractivity contribution in [3.63, 3.8) is 0 Å². The third kappa shape index (κ3) is 3.96. The van der Waals surface area contributed by atoms with Crippen LogP contribution in [0.2, 0.25) is 0 Å². The van der Waals surface area contributed by atoms with Gasteiger partial charge in [-0.05, 0) is 36.9 Å². The van der Waals surface area contributed by atoms with Gasteiger partial charge in [0.1, 0.15) is 5.75 Å². The largest absolute Gasteiger partial charge is 0.494 e. The molecule has 0 amide bonds. The van der Waals surface area contributed by atoms with Crippen LogP contribution in [-0.4, -0.2) is 18.1 Å². The molecule has 13 heavy (non-hydrogen) atoms. The number of hydrogen-bond acceptors (Lipinski definition) is 3. The molecule has 0 aromatic heterocycles. The topological polar surface area (TPSA) is 9.23 Å². The highest BCUT2D eigenvalue weighted by atomic mass is 32.2. The lowest BCUT2D eigenvalue weighted by Crippen LogP contribution is -1.90. The van der Waals surface area contributed by atoms with E-state index < -0.39 is 0 Å². The lowest BCUT2D eigenvalue weighted by Gasteiger charge is -2.03. The van der Waals surface area contributed by atoms with Crippen LogP contribution in [0.25, 0.3) is 0 Å². The minimum absolute atomic E-state index is 0.725. The summed E-state index contributed by atoms with van der Waals surface area (Å²) in [5, 5.41) is 0. The van der Waals surface area contributed by atoms with E-state index in [0.29, 0.717) is 0 Å². The molecule has 0 aliphatic heterocycles. The van der Waals surface area contributed by atoms with E-state index in [2.05, 4.69) is 24.8 Å². The van der Waals surface area contributed by atoms with Crippen LogP contribution in [0.3, 0.4) is 0 Å². The first-order chi connectivity index (χ1) is 6.36. The van der Waals surface area contributed by atoms with E-state index >= 15 is 0 Å². The van der Waals surface area contributed by atoms with Crippen LogP contribution in [0, 0.1) is 0 Å². The van der Waals surface area contributed by atoms with Crippen LogP contribution in [0.5, 0.6) is 5.75 Å². The SMILES string of the molecule is CCOc1ccc(SCCS)cc1. The molecule has 0 fully saturated rings. The molecule has 0 spiro atoms. The third-order valence-electron chi connectivity index (χ3n) is 1.49. The maximum absolute atomic E-state index is 5.34. The summed E-state index contributed by atoms with van der Waals surface area (Å²) in [6.07, 6.45) is 0. The number of ether oxygens (including phenoxy) is 1. The van der Waals surface area contributed by atoms with Gasteiger partial charge in [-0.3, -0.25) is 0 Å². The highest BCUT2D eigenvalue weighted by Gasteiger charge is 1.94. The second-order valence-electron chi connectivity index (χ2n) is 2.48. The zero-order chi connectivity index (χ0) is 9.52. The third-order valence-corrected chi connectivity index (χ3v) is 3.03. The summed E-state index contributed by atoms with van der Waals surface area (Å²) in [7, 11) is 0. The predicted molar refractivity (Wildman–Crippen MR) is 62.2 cm³/mol. The average molecular weight is 214 g/mol. The van der Waals surface area contributed by atoms with Crippen LogP contribution in [0.1, 0.15) is 6.92 Å². The number of benzene rings is 1. The second kappa shape index (κ2) is 6.22. The molecule has 0 heterocycles. The Balaban J connectivity index is 2.48. The first kappa shape index (κ1) is 10.8. The molecule has 0 unspecified atom stereocenters. The molecule has 72 valence electrons. The molecule has 0 atom stereocenters. The Morgan fingerprint density at radius 2 is 2.00 bits per heavy atom. The molecule has 0 bridgehead atoms. The summed E-state index contributed by atoms with van der Waals surface area (Å²) in [6, 6.07) is 8.17. The fourth-order valence-electron chi connectivity index (χ4n) is 0.962. The maximum Gasteiger partial charge on any atom is 0.119 e. The van der Waals surface area contributed by atoms with Gasteiger partial charge >= 0.3 is 0 Å². The van der Waals surface area contributed by atoms with Crippen molar-refractivity contribution >= 4 is 24.4 Å². The van der Waals surface area contributed by atoms with Gasteiger partial charge in [-0.1, -0.05) is 0 Å². The summed E-state index contributed by atoms with van der Waals surface area (Å²) < 4.78 is 5.34. The van der Waals surface area contributed by atoms with E-state index in [0.717, 1.165) is 23.9 Å². The number of rotatable bonds is 5. The van der Waals surface area contributed by atoms with Crippen LogP contribution >= 0.6 is 24.4 Å². The lowest BCUT2D eigenvalue weighted by atomic mass is 10.3. The standard InChI is InChI=1S/C10H14OS2/c1-2-11-9-3-5-10(6-4-9)13-8-7-12/h3-6,12H,2,7-8H2,1H3. The smallest absolute Gasteiger partial charge is 0.119 e. The minimum Gasteiger partial charge on any atom is -0.494 e. The van der Waals surface area contributed by atoms with Gasteiger partial charge in [-0.25, -0.2) is 0 Å². The molecule has 0 aliphatic carbocycles. The zero-order valence-electron chi connectivity index (χ0n) is 7.69. The molecule has 1 aromatic rings. The fourth-order valence-corrected chi connectivity index (χ4v) is 1.89. The van der Waals surface area contributed by atoms with E-state index in [-0.39, 0.29) is 0 Å². The van der Waals surface area contributed by atoms with E-state index in [1.165, 1.54) is 4.90 Å². The molecule has 1 rings (SSSR count). The van der Waals surface area contributed by atoms with Crippen LogP contribution < -0.4 is 4.74 Å². The Kier molecular flexibility index (Phi) is 5.16. The van der Waals surface area contributed by atoms with Crippen molar-refractivity contribution in [2.45, 2.75) is 11.8 Å². The van der Waals surface area contributed by atoms with Crippen molar-refractivity contribution in [2.75, 3.05) is 18.1 Å². The minimum atomic E-state index is 0.725. The highest BCUT2D eigenvalue weighted by molar-refractivity contribution is 8.00. The van der Waals surface area contributed by atoms with E-state index in [1.807, 2.05) is 30.8 Å². The molecular weight excluding hydrogens is 200 g/mol. The zero-order valence-corrected chi connectivity index (χ0v) is 9.41. The second-order valence-corrected chi connectivity index (χ2v) is 4.09. The Hall–Kier alpha value is -0.280. The molecule has 1 nitrogen and oxygen atoms in total. The first-order valence-electron chi connectivity index (χ1n) is 4.33. The quantitative estimate of drug-likeness (QED) is 0.596. The van der Waals surface area contributed by atoms with Gasteiger partial charge in [0, 0.05) is 10.6 Å².